The Morgan fingerprint density at radius 3 is 2.84 bits per heavy atom. The fraction of sp³-hybridized carbons (Fsp3) is 0.214. The molecule has 2 rings (SSSR count). The van der Waals surface area contributed by atoms with E-state index in [1.165, 1.54) is 20.3 Å². The summed E-state index contributed by atoms with van der Waals surface area (Å²) in [4.78, 5) is 26.5. The Morgan fingerprint density at radius 1 is 1.37 bits per heavy atom. The minimum atomic E-state index is -0.535. The molecule has 0 atom stereocenters. The predicted molar refractivity (Wildman–Crippen MR) is 67.1 cm³/mol. The lowest BCUT2D eigenvalue weighted by Gasteiger charge is -2.00. The molecule has 0 unspecified atom stereocenters. The summed E-state index contributed by atoms with van der Waals surface area (Å²) in [6.07, 6.45) is 1.67. The quantitative estimate of drug-likeness (QED) is 0.622. The lowest BCUT2D eigenvalue weighted by Crippen LogP contribution is -2.01. The van der Waals surface area contributed by atoms with Crippen LogP contribution in [0.4, 0.5) is 0 Å². The van der Waals surface area contributed by atoms with E-state index in [1.54, 1.807) is 18.2 Å². The maximum atomic E-state index is 11.3. The summed E-state index contributed by atoms with van der Waals surface area (Å²) in [6.45, 7) is 1.51. The van der Waals surface area contributed by atoms with Gasteiger partial charge in [-0.2, -0.15) is 0 Å². The first-order chi connectivity index (χ1) is 9.10. The predicted octanol–water partition coefficient (Wildman–Crippen LogP) is 2.25. The number of benzene rings is 1. The number of ketones is 1. The van der Waals surface area contributed by atoms with Gasteiger partial charge < -0.3 is 9.15 Å². The average molecular weight is 259 g/mol. The zero-order valence-corrected chi connectivity index (χ0v) is 10.7. The van der Waals surface area contributed by atoms with Crippen LogP contribution in [0.5, 0.6) is 0 Å². The molecular formula is C14H13NO4. The highest BCUT2D eigenvalue weighted by Gasteiger charge is 2.12. The molecule has 1 aromatic heterocycles. The minimum absolute atomic E-state index is 0.00417. The van der Waals surface area contributed by atoms with Gasteiger partial charge >= 0.3 is 5.97 Å². The Kier molecular flexibility index (Phi) is 3.75. The Labute approximate surface area is 110 Å². The van der Waals surface area contributed by atoms with Gasteiger partial charge in [-0.25, -0.2) is 9.78 Å². The van der Waals surface area contributed by atoms with Gasteiger partial charge in [-0.05, 0) is 18.6 Å². The third-order valence-electron chi connectivity index (χ3n) is 2.64. The Bertz CT molecular complexity index is 615. The number of oxazole rings is 1. The van der Waals surface area contributed by atoms with E-state index < -0.39 is 5.97 Å². The van der Waals surface area contributed by atoms with Gasteiger partial charge in [0.25, 0.3) is 0 Å². The van der Waals surface area contributed by atoms with Crippen LogP contribution in [0.2, 0.25) is 0 Å². The number of methoxy groups -OCH3 is 1. The molecule has 5 nitrogen and oxygen atoms in total. The van der Waals surface area contributed by atoms with E-state index in [2.05, 4.69) is 9.72 Å². The number of aromatic nitrogens is 1. The Morgan fingerprint density at radius 2 is 2.16 bits per heavy atom. The Balaban J connectivity index is 2.17. The summed E-state index contributed by atoms with van der Waals surface area (Å²) < 4.78 is 9.74. The molecule has 0 aliphatic carbocycles. The van der Waals surface area contributed by atoms with Crippen molar-refractivity contribution in [3.8, 4) is 0 Å². The highest BCUT2D eigenvalue weighted by atomic mass is 16.5. The molecule has 0 saturated carbocycles. The monoisotopic (exact) mass is 259 g/mol. The first-order valence-corrected chi connectivity index (χ1v) is 5.72. The van der Waals surface area contributed by atoms with Crippen LogP contribution < -0.4 is 0 Å². The van der Waals surface area contributed by atoms with Crippen molar-refractivity contribution in [2.75, 3.05) is 7.11 Å². The number of carbonyl (C=O) groups is 2. The topological polar surface area (TPSA) is 69.4 Å². The first kappa shape index (κ1) is 13.0. The van der Waals surface area contributed by atoms with Crippen molar-refractivity contribution in [1.82, 2.24) is 4.98 Å². The molecule has 0 fully saturated rings. The average Bonchev–Trinajstić information content (AvgIpc) is 2.86. The van der Waals surface area contributed by atoms with E-state index in [9.17, 15) is 9.59 Å². The largest absolute Gasteiger partial charge is 0.464 e. The molecule has 5 heteroatoms. The van der Waals surface area contributed by atoms with Crippen LogP contribution in [-0.4, -0.2) is 23.8 Å². The van der Waals surface area contributed by atoms with Crippen LogP contribution in [0, 0.1) is 0 Å². The van der Waals surface area contributed by atoms with E-state index in [1.807, 2.05) is 6.07 Å². The van der Waals surface area contributed by atoms with E-state index in [4.69, 9.17) is 4.42 Å². The van der Waals surface area contributed by atoms with Crippen molar-refractivity contribution in [3.63, 3.8) is 0 Å². The van der Waals surface area contributed by atoms with Gasteiger partial charge in [0, 0.05) is 12.0 Å². The van der Waals surface area contributed by atoms with Crippen molar-refractivity contribution >= 4 is 11.8 Å². The molecule has 1 heterocycles. The lowest BCUT2D eigenvalue weighted by molar-refractivity contribution is 0.0594. The molecule has 0 aliphatic heterocycles. The maximum Gasteiger partial charge on any atom is 0.360 e. The van der Waals surface area contributed by atoms with Gasteiger partial charge in [-0.15, -0.1) is 0 Å². The number of nitrogens with zero attached hydrogens (tertiary/aromatic N) is 1. The standard InChI is InChI=1S/C14H13NO4/c1-9(16)11-5-3-4-10(6-11)7-13-15-12(8-19-13)14(17)18-2/h3-6,8H,7H2,1-2H3. The second-order valence-electron chi connectivity index (χ2n) is 4.05. The van der Waals surface area contributed by atoms with E-state index in [0.29, 0.717) is 17.9 Å². The number of hydrogen-bond donors (Lipinski definition) is 0. The van der Waals surface area contributed by atoms with Crippen LogP contribution in [-0.2, 0) is 11.2 Å². The summed E-state index contributed by atoms with van der Waals surface area (Å²) in [5.74, 6) is -0.127. The fourth-order valence-corrected chi connectivity index (χ4v) is 1.67. The maximum absolute atomic E-state index is 11.3. The molecule has 0 spiro atoms. The van der Waals surface area contributed by atoms with Gasteiger partial charge in [0.1, 0.15) is 6.26 Å². The molecule has 0 N–H and O–H groups in total. The lowest BCUT2D eigenvalue weighted by atomic mass is 10.1. The van der Waals surface area contributed by atoms with Crippen molar-refractivity contribution in [3.05, 3.63) is 53.2 Å². The summed E-state index contributed by atoms with van der Waals surface area (Å²) >= 11 is 0. The number of ether oxygens (including phenoxy) is 1. The molecule has 19 heavy (non-hydrogen) atoms. The molecule has 0 amide bonds. The molecule has 1 aromatic carbocycles. The number of esters is 1. The molecule has 2 aromatic rings. The van der Waals surface area contributed by atoms with Gasteiger partial charge in [-0.3, -0.25) is 4.79 Å². The molecule has 0 saturated heterocycles. The second-order valence-corrected chi connectivity index (χ2v) is 4.05. The van der Waals surface area contributed by atoms with E-state index in [0.717, 1.165) is 5.56 Å². The summed E-state index contributed by atoms with van der Waals surface area (Å²) in [6, 6.07) is 7.20. The highest BCUT2D eigenvalue weighted by molar-refractivity contribution is 5.94. The van der Waals surface area contributed by atoms with E-state index in [-0.39, 0.29) is 11.5 Å². The molecule has 0 radical (unpaired) electrons. The van der Waals surface area contributed by atoms with Gasteiger partial charge in [0.05, 0.1) is 7.11 Å². The second kappa shape index (κ2) is 5.48. The highest BCUT2D eigenvalue weighted by Crippen LogP contribution is 2.12. The zero-order valence-electron chi connectivity index (χ0n) is 10.7. The third-order valence-corrected chi connectivity index (χ3v) is 2.64. The minimum Gasteiger partial charge on any atom is -0.464 e. The van der Waals surface area contributed by atoms with Crippen molar-refractivity contribution in [2.45, 2.75) is 13.3 Å². The molecular weight excluding hydrogens is 246 g/mol. The van der Waals surface area contributed by atoms with Crippen molar-refractivity contribution < 1.29 is 18.7 Å². The van der Waals surface area contributed by atoms with Crippen LogP contribution >= 0.6 is 0 Å². The zero-order chi connectivity index (χ0) is 13.8. The number of rotatable bonds is 4. The normalized spacial score (nSPS) is 10.2. The fourth-order valence-electron chi connectivity index (χ4n) is 1.67. The van der Waals surface area contributed by atoms with Gasteiger partial charge in [0.15, 0.2) is 17.4 Å². The van der Waals surface area contributed by atoms with E-state index >= 15 is 0 Å². The summed E-state index contributed by atoms with van der Waals surface area (Å²) in [5.41, 5.74) is 1.67. The molecule has 0 bridgehead atoms. The molecule has 0 aliphatic rings. The number of carbonyl (C=O) groups excluding carboxylic acids is 2. The Hall–Kier alpha value is -2.43. The van der Waals surface area contributed by atoms with Crippen LogP contribution in [0.25, 0.3) is 0 Å². The number of Topliss-reactive ketones (excluding diaryl/α,β-unsaturated/α-hetero) is 1. The van der Waals surface area contributed by atoms with Crippen LogP contribution in [0.15, 0.2) is 34.9 Å². The summed E-state index contributed by atoms with van der Waals surface area (Å²) in [5, 5.41) is 0. The molecule has 98 valence electrons. The summed E-state index contributed by atoms with van der Waals surface area (Å²) in [7, 11) is 1.28. The third kappa shape index (κ3) is 3.07. The van der Waals surface area contributed by atoms with Crippen molar-refractivity contribution in [2.24, 2.45) is 0 Å². The smallest absolute Gasteiger partial charge is 0.360 e. The van der Waals surface area contributed by atoms with Crippen LogP contribution in [0.3, 0.4) is 0 Å². The van der Waals surface area contributed by atoms with Crippen molar-refractivity contribution in [1.29, 1.82) is 0 Å². The SMILES string of the molecule is COC(=O)c1coc(Cc2cccc(C(C)=O)c2)n1. The van der Waals surface area contributed by atoms with Crippen LogP contribution in [0.1, 0.15) is 39.2 Å². The first-order valence-electron chi connectivity index (χ1n) is 5.72. The number of hydrogen-bond acceptors (Lipinski definition) is 5. The van der Waals surface area contributed by atoms with Gasteiger partial charge in [0.2, 0.25) is 0 Å². The van der Waals surface area contributed by atoms with Gasteiger partial charge in [-0.1, -0.05) is 18.2 Å².